The van der Waals surface area contributed by atoms with Crippen molar-refractivity contribution in [1.82, 2.24) is 0 Å². The van der Waals surface area contributed by atoms with Gasteiger partial charge >= 0.3 is 0 Å². The van der Waals surface area contributed by atoms with Crippen LogP contribution in [0.15, 0.2) is 30.3 Å². The smallest absolute Gasteiger partial charge is 0.131 e. The zero-order valence-corrected chi connectivity index (χ0v) is 9.00. The first-order valence-corrected chi connectivity index (χ1v) is 5.49. The summed E-state index contributed by atoms with van der Waals surface area (Å²) in [4.78, 5) is 9.08. The van der Waals surface area contributed by atoms with Gasteiger partial charge in [-0.2, -0.15) is 0 Å². The van der Waals surface area contributed by atoms with Crippen LogP contribution in [0.4, 0.5) is 0 Å². The molecule has 0 aromatic heterocycles. The van der Waals surface area contributed by atoms with Gasteiger partial charge in [-0.1, -0.05) is 30.3 Å². The molecule has 0 aliphatic heterocycles. The van der Waals surface area contributed by atoms with E-state index < -0.39 is 5.60 Å². The number of hydrogen-bond acceptors (Lipinski definition) is 4. The molecule has 0 spiro atoms. The van der Waals surface area contributed by atoms with Crippen molar-refractivity contribution in [2.45, 2.75) is 37.4 Å². The van der Waals surface area contributed by atoms with Crippen molar-refractivity contribution in [2.75, 3.05) is 0 Å². The summed E-state index contributed by atoms with van der Waals surface area (Å²) in [5, 5.41) is 17.9. The zero-order valence-electron chi connectivity index (χ0n) is 9.00. The summed E-state index contributed by atoms with van der Waals surface area (Å²) in [6.45, 7) is 0. The van der Waals surface area contributed by atoms with Crippen molar-refractivity contribution in [3.05, 3.63) is 35.9 Å². The van der Waals surface area contributed by atoms with Crippen molar-refractivity contribution in [1.29, 1.82) is 0 Å². The largest absolute Gasteiger partial charge is 0.252 e. The van der Waals surface area contributed by atoms with E-state index in [1.165, 1.54) is 0 Å². The number of hydrogen-bond donors (Lipinski definition) is 2. The molecule has 2 unspecified atom stereocenters. The van der Waals surface area contributed by atoms with Crippen LogP contribution in [0.5, 0.6) is 0 Å². The van der Waals surface area contributed by atoms with E-state index in [-0.39, 0.29) is 6.10 Å². The fourth-order valence-electron chi connectivity index (χ4n) is 2.42. The Labute approximate surface area is 94.3 Å². The average Bonchev–Trinajstić information content (AvgIpc) is 2.39. The molecule has 1 aromatic rings. The third kappa shape index (κ3) is 2.10. The summed E-state index contributed by atoms with van der Waals surface area (Å²) in [5.41, 5.74) is 0.173. The topological polar surface area (TPSA) is 58.9 Å². The van der Waals surface area contributed by atoms with Gasteiger partial charge in [0, 0.05) is 6.42 Å². The molecule has 4 nitrogen and oxygen atoms in total. The molecule has 0 heterocycles. The summed E-state index contributed by atoms with van der Waals surface area (Å²) in [6, 6.07) is 9.54. The van der Waals surface area contributed by atoms with Gasteiger partial charge in [-0.15, -0.1) is 0 Å². The van der Waals surface area contributed by atoms with Crippen molar-refractivity contribution in [3.8, 4) is 0 Å². The molecule has 0 radical (unpaired) electrons. The molecule has 2 rings (SSSR count). The maximum Gasteiger partial charge on any atom is 0.131 e. The molecule has 16 heavy (non-hydrogen) atoms. The normalized spacial score (nSPS) is 30.2. The van der Waals surface area contributed by atoms with Gasteiger partial charge in [-0.25, -0.2) is 9.78 Å². The molecule has 2 atom stereocenters. The van der Waals surface area contributed by atoms with Crippen molar-refractivity contribution < 1.29 is 20.3 Å². The lowest BCUT2D eigenvalue weighted by Gasteiger charge is -2.37. The number of benzene rings is 1. The highest BCUT2D eigenvalue weighted by atomic mass is 17.1. The predicted molar refractivity (Wildman–Crippen MR) is 57.8 cm³/mol. The molecule has 0 bridgehead atoms. The van der Waals surface area contributed by atoms with Crippen molar-refractivity contribution >= 4 is 0 Å². The fourth-order valence-corrected chi connectivity index (χ4v) is 2.42. The van der Waals surface area contributed by atoms with E-state index in [1.807, 2.05) is 30.3 Å². The Kier molecular flexibility index (Phi) is 3.56. The van der Waals surface area contributed by atoms with E-state index in [0.717, 1.165) is 24.8 Å². The third-order valence-electron chi connectivity index (χ3n) is 3.29. The fraction of sp³-hybridized carbons (Fsp3) is 0.500. The molecule has 88 valence electrons. The van der Waals surface area contributed by atoms with Gasteiger partial charge < -0.3 is 0 Å². The van der Waals surface area contributed by atoms with Gasteiger partial charge in [-0.05, 0) is 24.8 Å². The molecule has 1 aromatic carbocycles. The van der Waals surface area contributed by atoms with Crippen LogP contribution in [0.25, 0.3) is 0 Å². The maximum atomic E-state index is 9.17. The predicted octanol–water partition coefficient (Wildman–Crippen LogP) is 2.80. The highest BCUT2D eigenvalue weighted by Crippen LogP contribution is 2.40. The molecule has 1 aliphatic carbocycles. The second kappa shape index (κ2) is 4.93. The van der Waals surface area contributed by atoms with Crippen LogP contribution in [0.1, 0.15) is 31.2 Å². The lowest BCUT2D eigenvalue weighted by atomic mass is 9.78. The van der Waals surface area contributed by atoms with Gasteiger partial charge in [0.15, 0.2) is 0 Å². The highest BCUT2D eigenvalue weighted by Gasteiger charge is 2.40. The average molecular weight is 224 g/mol. The van der Waals surface area contributed by atoms with Crippen LogP contribution in [-0.2, 0) is 15.4 Å². The monoisotopic (exact) mass is 224 g/mol. The zero-order chi connectivity index (χ0) is 11.4. The first-order valence-electron chi connectivity index (χ1n) is 5.49. The van der Waals surface area contributed by atoms with E-state index >= 15 is 0 Å². The van der Waals surface area contributed by atoms with Crippen LogP contribution < -0.4 is 0 Å². The molecule has 1 fully saturated rings. The van der Waals surface area contributed by atoms with Crippen LogP contribution in [0, 0.1) is 0 Å². The lowest BCUT2D eigenvalue weighted by Crippen LogP contribution is -2.37. The summed E-state index contributed by atoms with van der Waals surface area (Å²) < 4.78 is 0. The van der Waals surface area contributed by atoms with Crippen molar-refractivity contribution in [3.63, 3.8) is 0 Å². The molecular formula is C12H16O4. The van der Waals surface area contributed by atoms with E-state index in [1.54, 1.807) is 0 Å². The summed E-state index contributed by atoms with van der Waals surface area (Å²) in [6.07, 6.45) is 2.55. The highest BCUT2D eigenvalue weighted by molar-refractivity contribution is 5.23. The van der Waals surface area contributed by atoms with E-state index in [2.05, 4.69) is 4.89 Å². The number of rotatable bonds is 3. The molecule has 0 saturated heterocycles. The molecular weight excluding hydrogens is 208 g/mol. The summed E-state index contributed by atoms with van der Waals surface area (Å²) in [5.74, 6) is 0. The Balaban J connectivity index is 2.25. The first kappa shape index (κ1) is 11.5. The Morgan fingerprint density at radius 3 is 2.56 bits per heavy atom. The van der Waals surface area contributed by atoms with Gasteiger partial charge in [-0.3, -0.25) is 10.5 Å². The van der Waals surface area contributed by atoms with Crippen molar-refractivity contribution in [2.24, 2.45) is 0 Å². The second-order valence-electron chi connectivity index (χ2n) is 4.28. The van der Waals surface area contributed by atoms with Crippen LogP contribution in [-0.4, -0.2) is 16.6 Å². The standard InChI is InChI=1S/C12H16O4/c13-15-11-7-4-8-12(9-11,16-14)10-5-2-1-3-6-10/h1-3,5-6,11,13-14H,4,7-9H2. The van der Waals surface area contributed by atoms with Crippen LogP contribution >= 0.6 is 0 Å². The third-order valence-corrected chi connectivity index (χ3v) is 3.29. The summed E-state index contributed by atoms with van der Waals surface area (Å²) in [7, 11) is 0. The molecule has 1 aliphatic rings. The Morgan fingerprint density at radius 2 is 1.94 bits per heavy atom. The molecule has 1 saturated carbocycles. The minimum Gasteiger partial charge on any atom is -0.252 e. The van der Waals surface area contributed by atoms with E-state index in [0.29, 0.717) is 6.42 Å². The quantitative estimate of drug-likeness (QED) is 0.612. The maximum absolute atomic E-state index is 9.17. The van der Waals surface area contributed by atoms with Gasteiger partial charge in [0.2, 0.25) is 0 Å². The second-order valence-corrected chi connectivity index (χ2v) is 4.28. The van der Waals surface area contributed by atoms with E-state index in [4.69, 9.17) is 10.1 Å². The Bertz CT molecular complexity index is 327. The van der Waals surface area contributed by atoms with E-state index in [9.17, 15) is 5.26 Å². The van der Waals surface area contributed by atoms with Gasteiger partial charge in [0.05, 0.1) is 6.10 Å². The first-order chi connectivity index (χ1) is 7.80. The summed E-state index contributed by atoms with van der Waals surface area (Å²) >= 11 is 0. The minimum absolute atomic E-state index is 0.277. The Hall–Kier alpha value is -0.940. The lowest BCUT2D eigenvalue weighted by molar-refractivity contribution is -0.361. The van der Waals surface area contributed by atoms with Gasteiger partial charge in [0.25, 0.3) is 0 Å². The van der Waals surface area contributed by atoms with Crippen LogP contribution in [0.2, 0.25) is 0 Å². The van der Waals surface area contributed by atoms with Gasteiger partial charge in [0.1, 0.15) is 5.60 Å². The molecule has 4 heteroatoms. The molecule has 2 N–H and O–H groups in total. The molecule has 0 amide bonds. The Morgan fingerprint density at radius 1 is 1.19 bits per heavy atom. The SMILES string of the molecule is OOC1CCCC(OO)(c2ccccc2)C1. The minimum atomic E-state index is -0.743. The van der Waals surface area contributed by atoms with Crippen LogP contribution in [0.3, 0.4) is 0 Å².